The van der Waals surface area contributed by atoms with Crippen molar-refractivity contribution in [2.45, 2.75) is 69.6 Å². The van der Waals surface area contributed by atoms with Crippen molar-refractivity contribution < 1.29 is 31.8 Å². The van der Waals surface area contributed by atoms with E-state index in [1.807, 2.05) is 4.90 Å². The highest BCUT2D eigenvalue weighted by atomic mass is 35.5. The summed E-state index contributed by atoms with van der Waals surface area (Å²) in [6, 6.07) is 2.63. The molecule has 3 atom stereocenters. The van der Waals surface area contributed by atoms with Crippen molar-refractivity contribution in [2.75, 3.05) is 64.1 Å². The average molecular weight is 709 g/mol. The summed E-state index contributed by atoms with van der Waals surface area (Å²) < 4.78 is 69.8. The molecule has 4 aliphatic heterocycles. The molecule has 2 fully saturated rings. The number of nitrogens with zero attached hydrogens (tertiary/aromatic N) is 6. The maximum Gasteiger partial charge on any atom is 0.417 e. The summed E-state index contributed by atoms with van der Waals surface area (Å²) in [6.07, 6.45) is -3.92. The predicted molar refractivity (Wildman–Crippen MR) is 177 cm³/mol. The van der Waals surface area contributed by atoms with Crippen molar-refractivity contribution in [1.29, 1.82) is 0 Å². The fraction of sp³-hybridized carbons (Fsp3) is 0.576. The van der Waals surface area contributed by atoms with Gasteiger partial charge in [-0.15, -0.1) is 0 Å². The maximum atomic E-state index is 14.5. The first kappa shape index (κ1) is 35.1. The van der Waals surface area contributed by atoms with Crippen molar-refractivity contribution in [3.8, 4) is 6.01 Å². The molecule has 2 aromatic rings. The van der Waals surface area contributed by atoms with Crippen LogP contribution in [0.2, 0.25) is 0 Å². The monoisotopic (exact) mass is 708 g/mol. The Morgan fingerprint density at radius 3 is 2.73 bits per heavy atom. The predicted octanol–water partition coefficient (Wildman–Crippen LogP) is 4.30. The molecule has 1 aromatic heterocycles. The number of carbonyl (C=O) groups is 1. The lowest BCUT2D eigenvalue weighted by molar-refractivity contribution is -0.140. The number of aryl methyl sites for hydroxylation is 1. The number of hydrogen-bond donors (Lipinski definition) is 2. The van der Waals surface area contributed by atoms with Crippen molar-refractivity contribution in [1.82, 2.24) is 19.8 Å². The second-order valence-electron chi connectivity index (χ2n) is 13.5. The molecule has 16 heteroatoms. The lowest BCUT2D eigenvalue weighted by atomic mass is 9.92. The number of carbonyl (C=O) groups excluding carboxylic acids is 1. The number of amides is 1. The molecule has 0 spiro atoms. The number of nitrogens with two attached hydrogens (primary N) is 2. The number of rotatable bonds is 7. The summed E-state index contributed by atoms with van der Waals surface area (Å²) in [6.45, 7) is 3.63. The van der Waals surface area contributed by atoms with Crippen LogP contribution in [0.1, 0.15) is 59.7 Å². The van der Waals surface area contributed by atoms with Gasteiger partial charge >= 0.3 is 12.2 Å². The van der Waals surface area contributed by atoms with E-state index in [4.69, 9.17) is 42.5 Å². The van der Waals surface area contributed by atoms with Gasteiger partial charge in [-0.2, -0.15) is 23.1 Å². The Bertz CT molecular complexity index is 1690. The van der Waals surface area contributed by atoms with Gasteiger partial charge in [0.25, 0.3) is 5.91 Å². The maximum absolute atomic E-state index is 14.5. The number of ether oxygens (including phenoxy) is 2. The van der Waals surface area contributed by atoms with E-state index in [0.29, 0.717) is 55.3 Å². The molecule has 0 bridgehead atoms. The van der Waals surface area contributed by atoms with Crippen LogP contribution in [0.5, 0.6) is 6.01 Å². The molecule has 0 saturated carbocycles. The lowest BCUT2D eigenvalue weighted by Gasteiger charge is -2.33. The summed E-state index contributed by atoms with van der Waals surface area (Å²) in [5, 5.41) is 0.0282. The molecular weight excluding hydrogens is 668 g/mol. The second-order valence-corrected chi connectivity index (χ2v) is 13.8. The molecule has 49 heavy (non-hydrogen) atoms. The van der Waals surface area contributed by atoms with Gasteiger partial charge in [-0.1, -0.05) is 11.6 Å². The van der Waals surface area contributed by atoms with Gasteiger partial charge < -0.3 is 30.7 Å². The average Bonchev–Trinajstić information content (AvgIpc) is 3.44. The molecule has 0 radical (unpaired) electrons. The molecule has 4 aliphatic rings. The number of aromatic nitrogens is 2. The molecule has 5 heterocycles. The van der Waals surface area contributed by atoms with E-state index >= 15 is 0 Å². The van der Waals surface area contributed by atoms with Crippen LogP contribution in [-0.4, -0.2) is 96.5 Å². The zero-order valence-corrected chi connectivity index (χ0v) is 28.5. The van der Waals surface area contributed by atoms with Gasteiger partial charge in [-0.05, 0) is 56.0 Å². The van der Waals surface area contributed by atoms with Gasteiger partial charge in [-0.25, -0.2) is 4.39 Å². The minimum atomic E-state index is -4.63. The number of benzene rings is 1. The Labute approximate surface area is 287 Å². The van der Waals surface area contributed by atoms with E-state index in [1.165, 1.54) is 24.0 Å². The van der Waals surface area contributed by atoms with Crippen LogP contribution in [0.3, 0.4) is 0 Å². The summed E-state index contributed by atoms with van der Waals surface area (Å²) >= 11 is 6.63. The normalized spacial score (nSPS) is 24.9. The smallest absolute Gasteiger partial charge is 0.417 e. The summed E-state index contributed by atoms with van der Waals surface area (Å²) in [4.78, 5) is 32.1. The number of fused-ring (bicyclic) bond motifs is 2. The first-order chi connectivity index (χ1) is 23.2. The lowest BCUT2D eigenvalue weighted by Crippen LogP contribution is -2.43. The molecule has 0 aliphatic carbocycles. The molecule has 4 N–H and O–H groups in total. The molecule has 1 amide bonds. The number of hydrogen-bond acceptors (Lipinski definition) is 10. The number of alkyl halides is 4. The number of likely N-dealkylation sites (N-methyl/N-ethyl adjacent to an activating group) is 1. The van der Waals surface area contributed by atoms with Crippen molar-refractivity contribution in [2.24, 2.45) is 10.7 Å². The fourth-order valence-electron chi connectivity index (χ4n) is 7.48. The Hall–Kier alpha value is -3.69. The van der Waals surface area contributed by atoms with Crippen LogP contribution < -0.4 is 21.1 Å². The third-order valence-electron chi connectivity index (χ3n) is 9.76. The summed E-state index contributed by atoms with van der Waals surface area (Å²) in [7, 11) is 3.13. The molecule has 0 unspecified atom stereocenters. The molecular formula is C33H41ClF4N8O3. The number of nitrogen functional groups attached to an aromatic ring is 1. The van der Waals surface area contributed by atoms with Crippen LogP contribution in [0.15, 0.2) is 27.9 Å². The molecule has 266 valence electrons. The molecule has 6 rings (SSSR count). The van der Waals surface area contributed by atoms with Crippen molar-refractivity contribution in [3.63, 3.8) is 0 Å². The summed E-state index contributed by atoms with van der Waals surface area (Å²) in [5.74, 6) is -0.0128. The number of halogens is 5. The van der Waals surface area contributed by atoms with Crippen LogP contribution in [0.4, 0.5) is 29.1 Å². The molecule has 2 saturated heterocycles. The number of anilines is 2. The van der Waals surface area contributed by atoms with Crippen LogP contribution in [-0.2, 0) is 28.7 Å². The van der Waals surface area contributed by atoms with Crippen LogP contribution in [0, 0.1) is 6.92 Å². The first-order valence-corrected chi connectivity index (χ1v) is 16.7. The summed E-state index contributed by atoms with van der Waals surface area (Å²) in [5.41, 5.74) is 12.3. The highest BCUT2D eigenvalue weighted by Crippen LogP contribution is 2.44. The van der Waals surface area contributed by atoms with E-state index in [9.17, 15) is 22.4 Å². The highest BCUT2D eigenvalue weighted by Gasteiger charge is 2.49. The van der Waals surface area contributed by atoms with Gasteiger partial charge in [0.05, 0.1) is 46.8 Å². The van der Waals surface area contributed by atoms with Gasteiger partial charge in [-0.3, -0.25) is 14.7 Å². The topological polar surface area (TPSA) is 135 Å². The second kappa shape index (κ2) is 13.6. The largest absolute Gasteiger partial charge is 0.461 e. The third kappa shape index (κ3) is 7.02. The minimum Gasteiger partial charge on any atom is -0.461 e. The Morgan fingerprint density at radius 2 is 2.00 bits per heavy atom. The van der Waals surface area contributed by atoms with Gasteiger partial charge in [0.1, 0.15) is 24.3 Å². The SMILES string of the molecule is Cc1cc(N)cc([C@@H]2Cc3nc(OC[C@@]45CCCN4C[C@H](F)C5)nc(N4CCCN=C(/C(Cl)=C(\N)C(=O)N(C)C)C4)c3CO2)c1C(F)(F)F. The van der Waals surface area contributed by atoms with Gasteiger partial charge in [0.15, 0.2) is 0 Å². The number of aliphatic imine (C=N–C) groups is 1. The Morgan fingerprint density at radius 1 is 1.22 bits per heavy atom. The van der Waals surface area contributed by atoms with Crippen LogP contribution >= 0.6 is 11.6 Å². The highest BCUT2D eigenvalue weighted by molar-refractivity contribution is 6.45. The van der Waals surface area contributed by atoms with E-state index in [0.717, 1.165) is 19.4 Å². The molecule has 1 aromatic carbocycles. The Kier molecular flexibility index (Phi) is 9.72. The van der Waals surface area contributed by atoms with Gasteiger partial charge in [0.2, 0.25) is 0 Å². The first-order valence-electron chi connectivity index (χ1n) is 16.3. The Balaban J connectivity index is 1.38. The molecule has 11 nitrogen and oxygen atoms in total. The van der Waals surface area contributed by atoms with Crippen molar-refractivity contribution >= 4 is 34.7 Å². The van der Waals surface area contributed by atoms with E-state index < -0.39 is 35.5 Å². The van der Waals surface area contributed by atoms with E-state index in [2.05, 4.69) is 9.89 Å². The third-order valence-corrected chi connectivity index (χ3v) is 10.2. The van der Waals surface area contributed by atoms with Crippen molar-refractivity contribution in [3.05, 3.63) is 50.8 Å². The van der Waals surface area contributed by atoms with Gasteiger partial charge in [0, 0.05) is 57.8 Å². The van der Waals surface area contributed by atoms with E-state index in [1.54, 1.807) is 14.1 Å². The fourth-order valence-corrected chi connectivity index (χ4v) is 7.68. The minimum absolute atomic E-state index is 0.000684. The van der Waals surface area contributed by atoms with Crippen LogP contribution in [0.25, 0.3) is 0 Å². The zero-order valence-electron chi connectivity index (χ0n) is 27.7. The van der Waals surface area contributed by atoms with E-state index in [-0.39, 0.29) is 59.7 Å². The zero-order chi connectivity index (χ0) is 35.2. The standard InChI is InChI=1S/C33H41ClF4N8O3/c1-18-10-20(39)11-21(26(18)33(36,37)38)25-12-23-22(16-48-25)29(43-31(42-23)49-17-32-6-4-9-46(32)14-19(35)13-32)45-8-5-7-41-24(15-45)27(34)28(40)30(47)44(2)3/h10-11,19,25H,4-9,12-17,39-40H2,1-3H3/b28-27+/t19-,25+,32+/m1/s1. The quantitative estimate of drug-likeness (QED) is 0.245.